The third-order valence-corrected chi connectivity index (χ3v) is 4.36. The van der Waals surface area contributed by atoms with E-state index in [2.05, 4.69) is 10.5 Å². The van der Waals surface area contributed by atoms with Crippen molar-refractivity contribution in [2.45, 2.75) is 25.5 Å². The van der Waals surface area contributed by atoms with Gasteiger partial charge in [-0.3, -0.25) is 9.59 Å². The fraction of sp³-hybridized carbons (Fsp3) is 0.357. The Morgan fingerprint density at radius 3 is 3.09 bits per heavy atom. The molecule has 0 fully saturated rings. The molecule has 1 amide bonds. The maximum Gasteiger partial charge on any atom is 0.305 e. The molecule has 7 nitrogen and oxygen atoms in total. The summed E-state index contributed by atoms with van der Waals surface area (Å²) in [6.45, 7) is 0.824. The molecule has 0 saturated heterocycles. The van der Waals surface area contributed by atoms with Gasteiger partial charge in [-0.05, 0) is 11.4 Å². The molecule has 0 radical (unpaired) electrons. The standard InChI is InChI=1S/C14H14N2O5S/c17-12(18)6-9(11-2-1-5-22-11)15-14(19)13-8-7-20-4-3-10(8)21-16-13/h1-2,5,9H,3-4,6-7H2,(H,15,19)(H,17,18). The summed E-state index contributed by atoms with van der Waals surface area (Å²) in [5.74, 6) is -0.776. The number of hydrogen-bond acceptors (Lipinski definition) is 6. The molecule has 2 aromatic rings. The van der Waals surface area contributed by atoms with Crippen LogP contribution >= 0.6 is 11.3 Å². The molecule has 116 valence electrons. The Bertz CT molecular complexity index is 679. The number of amides is 1. The Morgan fingerprint density at radius 2 is 2.36 bits per heavy atom. The van der Waals surface area contributed by atoms with Crippen LogP contribution in [0.4, 0.5) is 0 Å². The zero-order valence-electron chi connectivity index (χ0n) is 11.6. The van der Waals surface area contributed by atoms with Crippen LogP contribution in [0.15, 0.2) is 22.0 Å². The summed E-state index contributed by atoms with van der Waals surface area (Å²) in [6, 6.07) is 3.01. The van der Waals surface area contributed by atoms with Crippen LogP contribution < -0.4 is 5.32 Å². The fourth-order valence-corrected chi connectivity index (χ4v) is 3.10. The van der Waals surface area contributed by atoms with Gasteiger partial charge in [-0.2, -0.15) is 0 Å². The molecule has 3 heterocycles. The van der Waals surface area contributed by atoms with Crippen molar-refractivity contribution in [3.63, 3.8) is 0 Å². The number of thiophene rings is 1. The summed E-state index contributed by atoms with van der Waals surface area (Å²) >= 11 is 1.39. The van der Waals surface area contributed by atoms with E-state index in [-0.39, 0.29) is 18.7 Å². The first-order valence-electron chi connectivity index (χ1n) is 6.76. The average molecular weight is 322 g/mol. The van der Waals surface area contributed by atoms with E-state index in [4.69, 9.17) is 14.4 Å². The minimum absolute atomic E-state index is 0.168. The topological polar surface area (TPSA) is 102 Å². The molecular formula is C14H14N2O5S. The molecule has 0 saturated carbocycles. The quantitative estimate of drug-likeness (QED) is 0.869. The Hall–Kier alpha value is -2.19. The van der Waals surface area contributed by atoms with E-state index < -0.39 is 17.9 Å². The average Bonchev–Trinajstić information content (AvgIpc) is 3.15. The van der Waals surface area contributed by atoms with Crippen molar-refractivity contribution in [1.82, 2.24) is 10.5 Å². The number of carbonyl (C=O) groups excluding carboxylic acids is 1. The molecule has 2 aromatic heterocycles. The van der Waals surface area contributed by atoms with Crippen LogP contribution in [-0.2, 0) is 22.6 Å². The maximum absolute atomic E-state index is 12.4. The number of carbonyl (C=O) groups is 2. The molecule has 1 aliphatic heterocycles. The van der Waals surface area contributed by atoms with E-state index in [1.165, 1.54) is 11.3 Å². The molecule has 1 atom stereocenters. The molecule has 1 aliphatic rings. The second kappa shape index (κ2) is 6.29. The molecular weight excluding hydrogens is 308 g/mol. The lowest BCUT2D eigenvalue weighted by Gasteiger charge is -2.15. The number of fused-ring (bicyclic) bond motifs is 1. The predicted molar refractivity (Wildman–Crippen MR) is 76.6 cm³/mol. The van der Waals surface area contributed by atoms with Crippen molar-refractivity contribution in [2.75, 3.05) is 6.61 Å². The molecule has 0 aliphatic carbocycles. The van der Waals surface area contributed by atoms with Crippen molar-refractivity contribution >= 4 is 23.2 Å². The molecule has 0 spiro atoms. The number of ether oxygens (including phenoxy) is 1. The lowest BCUT2D eigenvalue weighted by Crippen LogP contribution is -2.31. The highest BCUT2D eigenvalue weighted by Crippen LogP contribution is 2.24. The molecule has 1 unspecified atom stereocenters. The SMILES string of the molecule is O=C(O)CC(NC(=O)c1noc2c1COCC2)c1cccs1. The van der Waals surface area contributed by atoms with Crippen molar-refractivity contribution in [1.29, 1.82) is 0 Å². The Balaban J connectivity index is 1.79. The van der Waals surface area contributed by atoms with Gasteiger partial charge in [0, 0.05) is 11.3 Å². The Kier molecular flexibility index (Phi) is 4.21. The summed E-state index contributed by atoms with van der Waals surface area (Å²) in [5, 5.41) is 17.4. The highest BCUT2D eigenvalue weighted by molar-refractivity contribution is 7.10. The number of nitrogens with one attached hydrogen (secondary N) is 1. The first kappa shape index (κ1) is 14.7. The van der Waals surface area contributed by atoms with E-state index in [9.17, 15) is 9.59 Å². The zero-order valence-corrected chi connectivity index (χ0v) is 12.4. The van der Waals surface area contributed by atoms with Crippen LogP contribution in [0, 0.1) is 0 Å². The van der Waals surface area contributed by atoms with Gasteiger partial charge in [0.15, 0.2) is 5.69 Å². The Labute approximate surface area is 129 Å². The summed E-state index contributed by atoms with van der Waals surface area (Å²) in [4.78, 5) is 24.2. The largest absolute Gasteiger partial charge is 0.481 e. The van der Waals surface area contributed by atoms with Gasteiger partial charge >= 0.3 is 5.97 Å². The second-order valence-electron chi connectivity index (χ2n) is 4.87. The number of nitrogens with zero attached hydrogens (tertiary/aromatic N) is 1. The van der Waals surface area contributed by atoms with Crippen molar-refractivity contribution in [2.24, 2.45) is 0 Å². The highest BCUT2D eigenvalue weighted by Gasteiger charge is 2.27. The van der Waals surface area contributed by atoms with Crippen LogP contribution in [0.2, 0.25) is 0 Å². The normalized spacial score (nSPS) is 15.1. The summed E-state index contributed by atoms with van der Waals surface area (Å²) in [7, 11) is 0. The summed E-state index contributed by atoms with van der Waals surface area (Å²) in [5.41, 5.74) is 0.811. The van der Waals surface area contributed by atoms with Gasteiger partial charge in [-0.25, -0.2) is 0 Å². The smallest absolute Gasteiger partial charge is 0.305 e. The second-order valence-corrected chi connectivity index (χ2v) is 5.85. The molecule has 8 heteroatoms. The number of carboxylic acid groups (broad SMARTS) is 1. The van der Waals surface area contributed by atoms with Crippen LogP contribution in [0.25, 0.3) is 0 Å². The van der Waals surface area contributed by atoms with E-state index in [1.54, 1.807) is 6.07 Å². The Morgan fingerprint density at radius 1 is 1.50 bits per heavy atom. The van der Waals surface area contributed by atoms with Crippen molar-refractivity contribution < 1.29 is 24.0 Å². The van der Waals surface area contributed by atoms with Gasteiger partial charge in [0.1, 0.15) is 5.76 Å². The van der Waals surface area contributed by atoms with Crippen molar-refractivity contribution in [3.8, 4) is 0 Å². The highest BCUT2D eigenvalue weighted by atomic mass is 32.1. The maximum atomic E-state index is 12.4. The van der Waals surface area contributed by atoms with Gasteiger partial charge < -0.3 is 19.7 Å². The number of carboxylic acids is 1. The first-order valence-corrected chi connectivity index (χ1v) is 7.64. The number of aliphatic carboxylic acids is 1. The van der Waals surface area contributed by atoms with E-state index in [0.717, 1.165) is 4.88 Å². The van der Waals surface area contributed by atoms with Gasteiger partial charge in [0.2, 0.25) is 0 Å². The van der Waals surface area contributed by atoms with E-state index >= 15 is 0 Å². The van der Waals surface area contributed by atoms with Crippen LogP contribution in [0.5, 0.6) is 0 Å². The number of rotatable bonds is 5. The molecule has 0 bridgehead atoms. The predicted octanol–water partition coefficient (Wildman–Crippen LogP) is 1.75. The third-order valence-electron chi connectivity index (χ3n) is 3.38. The molecule has 0 aromatic carbocycles. The van der Waals surface area contributed by atoms with Crippen LogP contribution in [0.3, 0.4) is 0 Å². The van der Waals surface area contributed by atoms with Gasteiger partial charge in [-0.1, -0.05) is 11.2 Å². The minimum atomic E-state index is -0.982. The first-order chi connectivity index (χ1) is 10.6. The van der Waals surface area contributed by atoms with Gasteiger partial charge in [0.05, 0.1) is 31.2 Å². The fourth-order valence-electron chi connectivity index (χ4n) is 2.32. The minimum Gasteiger partial charge on any atom is -0.481 e. The number of aromatic nitrogens is 1. The lowest BCUT2D eigenvalue weighted by molar-refractivity contribution is -0.137. The summed E-state index contributed by atoms with van der Waals surface area (Å²) < 4.78 is 10.5. The van der Waals surface area contributed by atoms with Crippen molar-refractivity contribution in [3.05, 3.63) is 39.4 Å². The van der Waals surface area contributed by atoms with Gasteiger partial charge in [-0.15, -0.1) is 11.3 Å². The monoisotopic (exact) mass is 322 g/mol. The van der Waals surface area contributed by atoms with Gasteiger partial charge in [0.25, 0.3) is 5.91 Å². The molecule has 3 rings (SSSR count). The van der Waals surface area contributed by atoms with Crippen LogP contribution in [-0.4, -0.2) is 28.7 Å². The molecule has 22 heavy (non-hydrogen) atoms. The summed E-state index contributed by atoms with van der Waals surface area (Å²) in [6.07, 6.45) is 0.391. The zero-order chi connectivity index (χ0) is 15.5. The van der Waals surface area contributed by atoms with E-state index in [0.29, 0.717) is 24.4 Å². The number of hydrogen-bond donors (Lipinski definition) is 2. The van der Waals surface area contributed by atoms with E-state index in [1.807, 2.05) is 11.4 Å². The van der Waals surface area contributed by atoms with Crippen LogP contribution in [0.1, 0.15) is 39.2 Å². The third kappa shape index (κ3) is 3.02. The lowest BCUT2D eigenvalue weighted by atomic mass is 10.1. The molecule has 2 N–H and O–H groups in total.